The smallest absolute Gasteiger partial charge is 0.335 e. The van der Waals surface area contributed by atoms with Crippen molar-refractivity contribution < 1.29 is 19.1 Å². The van der Waals surface area contributed by atoms with Gasteiger partial charge in [0, 0.05) is 18.2 Å². The van der Waals surface area contributed by atoms with E-state index in [1.165, 1.54) is 34.9 Å². The average molecular weight is 406 g/mol. The fraction of sp³-hybridized carbons (Fsp3) is 0.0556. The molecule has 0 atom stereocenters. The zero-order chi connectivity index (χ0) is 18.8. The van der Waals surface area contributed by atoms with Crippen LogP contribution >= 0.6 is 35.6 Å². The summed E-state index contributed by atoms with van der Waals surface area (Å²) in [7, 11) is 0. The van der Waals surface area contributed by atoms with Crippen molar-refractivity contribution in [2.24, 2.45) is 0 Å². The second kappa shape index (κ2) is 7.49. The van der Waals surface area contributed by atoms with Crippen molar-refractivity contribution in [2.45, 2.75) is 0 Å². The molecule has 0 saturated carbocycles. The van der Waals surface area contributed by atoms with Crippen LogP contribution in [0, 0.1) is 0 Å². The third kappa shape index (κ3) is 3.60. The lowest BCUT2D eigenvalue weighted by atomic mass is 10.1. The number of hydrogen-bond donors (Lipinski definition) is 1. The molecule has 0 unspecified atom stereocenters. The van der Waals surface area contributed by atoms with Gasteiger partial charge in [-0.05, 0) is 30.3 Å². The van der Waals surface area contributed by atoms with E-state index < -0.39 is 5.97 Å². The number of carbonyl (C=O) groups is 2. The summed E-state index contributed by atoms with van der Waals surface area (Å²) in [5.74, 6) is -0.411. The number of rotatable bonds is 5. The second-order valence-electron chi connectivity index (χ2n) is 5.28. The molecule has 1 aliphatic heterocycles. The van der Waals surface area contributed by atoms with Gasteiger partial charge in [0.05, 0.1) is 15.5 Å². The first-order valence-electron chi connectivity index (χ1n) is 7.40. The minimum atomic E-state index is -1.06. The molecule has 2 heterocycles. The number of hydrogen-bond acceptors (Lipinski definition) is 5. The van der Waals surface area contributed by atoms with Crippen LogP contribution in [0.2, 0.25) is 5.02 Å². The number of thioether (sulfide) groups is 1. The van der Waals surface area contributed by atoms with E-state index in [4.69, 9.17) is 33.3 Å². The Morgan fingerprint density at radius 3 is 2.85 bits per heavy atom. The van der Waals surface area contributed by atoms with Crippen molar-refractivity contribution in [1.82, 2.24) is 4.90 Å². The summed E-state index contributed by atoms with van der Waals surface area (Å²) in [4.78, 5) is 25.4. The standard InChI is InChI=1S/C18H12ClNO4S2/c1-2-7-20-16(21)15(26-18(20)25)9-11-4-6-14(24-11)12-8-10(17(22)23)3-5-13(12)19/h2-6,8-9H,1,7H2,(H,22,23)/b15-9-. The van der Waals surface area contributed by atoms with Gasteiger partial charge < -0.3 is 9.52 Å². The Balaban J connectivity index is 1.91. The zero-order valence-corrected chi connectivity index (χ0v) is 15.7. The highest BCUT2D eigenvalue weighted by molar-refractivity contribution is 8.26. The number of carboxylic acids is 1. The van der Waals surface area contributed by atoms with E-state index in [-0.39, 0.29) is 11.5 Å². The molecule has 1 saturated heterocycles. The first-order chi connectivity index (χ1) is 12.4. The topological polar surface area (TPSA) is 70.8 Å². The quantitative estimate of drug-likeness (QED) is 0.442. The van der Waals surface area contributed by atoms with Gasteiger partial charge in [0.25, 0.3) is 5.91 Å². The lowest BCUT2D eigenvalue weighted by Crippen LogP contribution is -2.27. The zero-order valence-electron chi connectivity index (χ0n) is 13.3. The minimum Gasteiger partial charge on any atom is -0.478 e. The SMILES string of the molecule is C=CCN1C(=O)/C(=C/c2ccc(-c3cc(C(=O)O)ccc3Cl)o2)SC1=S. The Morgan fingerprint density at radius 2 is 2.15 bits per heavy atom. The van der Waals surface area contributed by atoms with Crippen LogP contribution in [-0.4, -0.2) is 32.7 Å². The molecule has 1 aromatic heterocycles. The van der Waals surface area contributed by atoms with Gasteiger partial charge in [0.15, 0.2) is 0 Å². The van der Waals surface area contributed by atoms with E-state index in [0.29, 0.717) is 37.9 Å². The second-order valence-corrected chi connectivity index (χ2v) is 7.37. The lowest BCUT2D eigenvalue weighted by Gasteiger charge is -2.10. The molecule has 132 valence electrons. The summed E-state index contributed by atoms with van der Waals surface area (Å²) in [6, 6.07) is 7.71. The molecule has 0 radical (unpaired) electrons. The molecule has 0 bridgehead atoms. The van der Waals surface area contributed by atoms with Crippen LogP contribution in [0.25, 0.3) is 17.4 Å². The number of halogens is 1. The van der Waals surface area contributed by atoms with Gasteiger partial charge in [0.2, 0.25) is 0 Å². The first kappa shape index (κ1) is 18.4. The number of benzene rings is 1. The molecule has 1 N–H and O–H groups in total. The normalized spacial score (nSPS) is 15.7. The number of thiocarbonyl (C=S) groups is 1. The van der Waals surface area contributed by atoms with Crippen LogP contribution in [0.5, 0.6) is 0 Å². The van der Waals surface area contributed by atoms with Gasteiger partial charge in [-0.25, -0.2) is 4.79 Å². The Labute approximate surface area is 163 Å². The van der Waals surface area contributed by atoms with Gasteiger partial charge in [-0.2, -0.15) is 0 Å². The van der Waals surface area contributed by atoms with Crippen LogP contribution in [-0.2, 0) is 4.79 Å². The summed E-state index contributed by atoms with van der Waals surface area (Å²) < 4.78 is 6.19. The van der Waals surface area contributed by atoms with Crippen molar-refractivity contribution >= 4 is 57.9 Å². The van der Waals surface area contributed by atoms with Crippen molar-refractivity contribution in [3.8, 4) is 11.3 Å². The summed E-state index contributed by atoms with van der Waals surface area (Å²) in [5, 5.41) is 9.49. The fourth-order valence-corrected chi connectivity index (χ4v) is 3.80. The maximum atomic E-state index is 12.3. The number of carbonyl (C=O) groups excluding carboxylic acids is 1. The van der Waals surface area contributed by atoms with E-state index >= 15 is 0 Å². The highest BCUT2D eigenvalue weighted by Crippen LogP contribution is 2.35. The van der Waals surface area contributed by atoms with E-state index in [1.807, 2.05) is 0 Å². The Bertz CT molecular complexity index is 964. The van der Waals surface area contributed by atoms with E-state index in [0.717, 1.165) is 0 Å². The maximum absolute atomic E-state index is 12.3. The molecule has 2 aromatic rings. The van der Waals surface area contributed by atoms with Crippen LogP contribution < -0.4 is 0 Å². The summed E-state index contributed by atoms with van der Waals surface area (Å²) in [6.45, 7) is 3.96. The Morgan fingerprint density at radius 1 is 1.38 bits per heavy atom. The average Bonchev–Trinajstić information content (AvgIpc) is 3.16. The minimum absolute atomic E-state index is 0.104. The molecule has 26 heavy (non-hydrogen) atoms. The number of amides is 1. The summed E-state index contributed by atoms with van der Waals surface area (Å²) >= 11 is 12.5. The maximum Gasteiger partial charge on any atom is 0.335 e. The number of aromatic carboxylic acids is 1. The van der Waals surface area contributed by atoms with E-state index in [9.17, 15) is 9.59 Å². The molecular weight excluding hydrogens is 394 g/mol. The third-order valence-electron chi connectivity index (χ3n) is 3.56. The monoisotopic (exact) mass is 405 g/mol. The van der Waals surface area contributed by atoms with Crippen molar-refractivity contribution in [2.75, 3.05) is 6.54 Å². The Kier molecular flexibility index (Phi) is 5.31. The van der Waals surface area contributed by atoms with Crippen LogP contribution in [0.1, 0.15) is 16.1 Å². The van der Waals surface area contributed by atoms with Crippen LogP contribution in [0.4, 0.5) is 0 Å². The first-order valence-corrected chi connectivity index (χ1v) is 9.00. The predicted octanol–water partition coefficient (Wildman–Crippen LogP) is 4.69. The number of furan rings is 1. The largest absolute Gasteiger partial charge is 0.478 e. The van der Waals surface area contributed by atoms with Gasteiger partial charge in [-0.1, -0.05) is 41.7 Å². The predicted molar refractivity (Wildman–Crippen MR) is 106 cm³/mol. The Hall–Kier alpha value is -2.35. The molecule has 0 aliphatic carbocycles. The van der Waals surface area contributed by atoms with Crippen molar-refractivity contribution in [3.63, 3.8) is 0 Å². The molecule has 5 nitrogen and oxygen atoms in total. The van der Waals surface area contributed by atoms with Crippen LogP contribution in [0.15, 0.2) is 52.3 Å². The van der Waals surface area contributed by atoms with Crippen LogP contribution in [0.3, 0.4) is 0 Å². The molecule has 1 amide bonds. The molecule has 1 aromatic carbocycles. The molecular formula is C18H12ClNO4S2. The van der Waals surface area contributed by atoms with Gasteiger partial charge in [0.1, 0.15) is 15.8 Å². The summed E-state index contributed by atoms with van der Waals surface area (Å²) in [6.07, 6.45) is 3.21. The van der Waals surface area contributed by atoms with E-state index in [2.05, 4.69) is 6.58 Å². The molecule has 8 heteroatoms. The molecule has 0 spiro atoms. The molecule has 1 fully saturated rings. The summed E-state index contributed by atoms with van der Waals surface area (Å²) in [5.41, 5.74) is 0.568. The lowest BCUT2D eigenvalue weighted by molar-refractivity contribution is -0.121. The van der Waals surface area contributed by atoms with Gasteiger partial charge >= 0.3 is 5.97 Å². The number of nitrogens with zero attached hydrogens (tertiary/aromatic N) is 1. The van der Waals surface area contributed by atoms with Gasteiger partial charge in [-0.15, -0.1) is 6.58 Å². The third-order valence-corrected chi connectivity index (χ3v) is 5.27. The highest BCUT2D eigenvalue weighted by atomic mass is 35.5. The fourth-order valence-electron chi connectivity index (χ4n) is 2.34. The van der Waals surface area contributed by atoms with E-state index in [1.54, 1.807) is 24.3 Å². The highest BCUT2D eigenvalue weighted by Gasteiger charge is 2.31. The number of carboxylic acid groups (broad SMARTS) is 1. The molecule has 1 aliphatic rings. The van der Waals surface area contributed by atoms with Crippen molar-refractivity contribution in [3.05, 3.63) is 64.2 Å². The van der Waals surface area contributed by atoms with Crippen molar-refractivity contribution in [1.29, 1.82) is 0 Å². The molecule has 3 rings (SSSR count). The van der Waals surface area contributed by atoms with Gasteiger partial charge in [-0.3, -0.25) is 9.69 Å².